The van der Waals surface area contributed by atoms with Crippen LogP contribution in [0.25, 0.3) is 0 Å². The van der Waals surface area contributed by atoms with E-state index in [0.717, 1.165) is 17.8 Å². The summed E-state index contributed by atoms with van der Waals surface area (Å²) in [5, 5.41) is 12.1. The van der Waals surface area contributed by atoms with Gasteiger partial charge in [0.05, 0.1) is 28.7 Å². The molecule has 0 amide bonds. The molecule has 2 N–H and O–H groups in total. The number of aromatic nitrogens is 2. The summed E-state index contributed by atoms with van der Waals surface area (Å²) < 4.78 is 29.0. The van der Waals surface area contributed by atoms with Crippen LogP contribution in [0.2, 0.25) is 0 Å². The van der Waals surface area contributed by atoms with E-state index in [1.165, 1.54) is 17.4 Å². The summed E-state index contributed by atoms with van der Waals surface area (Å²) in [7, 11) is -3.58. The summed E-state index contributed by atoms with van der Waals surface area (Å²) in [5.41, 5.74) is 1.35. The normalized spacial score (nSPS) is 15.5. The third kappa shape index (κ3) is 3.18. The van der Waals surface area contributed by atoms with Crippen LogP contribution in [-0.2, 0) is 23.2 Å². The van der Waals surface area contributed by atoms with Gasteiger partial charge in [-0.3, -0.25) is 0 Å². The van der Waals surface area contributed by atoms with Crippen LogP contribution < -0.4 is 4.72 Å². The number of rotatable bonds is 6. The summed E-state index contributed by atoms with van der Waals surface area (Å²) in [6.07, 6.45) is 3.68. The molecule has 8 heteroatoms. The van der Waals surface area contributed by atoms with Crippen molar-refractivity contribution in [1.29, 1.82) is 0 Å². The Morgan fingerprint density at radius 1 is 1.52 bits per heavy atom. The standard InChI is InChI=1S/C13H17N3O3S2/c1-9-15-10(8-20-9)5-14-21(18,19)13-4-12(7-17)16(6-13)11-2-3-11/h4,6,8,11,14,17H,2-3,5,7H2,1H3. The molecule has 0 aromatic carbocycles. The summed E-state index contributed by atoms with van der Waals surface area (Å²) in [5.74, 6) is 0. The van der Waals surface area contributed by atoms with Crippen molar-refractivity contribution < 1.29 is 13.5 Å². The molecule has 3 rings (SSSR count). The second-order valence-corrected chi connectivity index (χ2v) is 7.98. The van der Waals surface area contributed by atoms with Gasteiger partial charge in [-0.25, -0.2) is 18.1 Å². The van der Waals surface area contributed by atoms with Crippen molar-refractivity contribution >= 4 is 21.4 Å². The van der Waals surface area contributed by atoms with E-state index in [-0.39, 0.29) is 18.0 Å². The van der Waals surface area contributed by atoms with Gasteiger partial charge in [-0.2, -0.15) is 0 Å². The van der Waals surface area contributed by atoms with Gasteiger partial charge in [-0.1, -0.05) is 0 Å². The minimum absolute atomic E-state index is 0.155. The van der Waals surface area contributed by atoms with Gasteiger partial charge in [0.2, 0.25) is 10.0 Å². The van der Waals surface area contributed by atoms with Crippen molar-refractivity contribution in [3.05, 3.63) is 34.0 Å². The molecule has 6 nitrogen and oxygen atoms in total. The maximum absolute atomic E-state index is 12.3. The molecule has 0 spiro atoms. The minimum Gasteiger partial charge on any atom is -0.390 e. The van der Waals surface area contributed by atoms with E-state index in [1.807, 2.05) is 16.9 Å². The molecule has 0 saturated heterocycles. The Bertz CT molecular complexity index is 745. The highest BCUT2D eigenvalue weighted by atomic mass is 32.2. The Morgan fingerprint density at radius 3 is 2.86 bits per heavy atom. The number of hydrogen-bond donors (Lipinski definition) is 2. The van der Waals surface area contributed by atoms with E-state index in [2.05, 4.69) is 9.71 Å². The van der Waals surface area contributed by atoms with E-state index in [0.29, 0.717) is 17.4 Å². The highest BCUT2D eigenvalue weighted by Crippen LogP contribution is 2.37. The first kappa shape index (κ1) is 14.7. The van der Waals surface area contributed by atoms with Crippen molar-refractivity contribution in [1.82, 2.24) is 14.3 Å². The Balaban J connectivity index is 1.77. The van der Waals surface area contributed by atoms with Crippen LogP contribution in [-0.4, -0.2) is 23.1 Å². The zero-order valence-electron chi connectivity index (χ0n) is 11.6. The molecular formula is C13H17N3O3S2. The first-order valence-corrected chi connectivity index (χ1v) is 9.08. The Hall–Kier alpha value is -1.22. The number of sulfonamides is 1. The minimum atomic E-state index is -3.58. The topological polar surface area (TPSA) is 84.2 Å². The third-order valence-electron chi connectivity index (χ3n) is 3.43. The molecule has 1 aliphatic rings. The van der Waals surface area contributed by atoms with Crippen LogP contribution in [0.1, 0.15) is 35.3 Å². The monoisotopic (exact) mass is 327 g/mol. The van der Waals surface area contributed by atoms with Gasteiger partial charge in [0.25, 0.3) is 0 Å². The number of nitrogens with one attached hydrogen (secondary N) is 1. The fourth-order valence-corrected chi connectivity index (χ4v) is 3.87. The van der Waals surface area contributed by atoms with E-state index in [9.17, 15) is 13.5 Å². The molecule has 2 heterocycles. The van der Waals surface area contributed by atoms with Crippen LogP contribution in [0.4, 0.5) is 0 Å². The molecule has 21 heavy (non-hydrogen) atoms. The van der Waals surface area contributed by atoms with Gasteiger partial charge in [0.15, 0.2) is 0 Å². The molecule has 0 radical (unpaired) electrons. The van der Waals surface area contributed by atoms with E-state index in [4.69, 9.17) is 0 Å². The largest absolute Gasteiger partial charge is 0.390 e. The maximum Gasteiger partial charge on any atom is 0.242 e. The number of aliphatic hydroxyl groups is 1. The number of hydrogen-bond acceptors (Lipinski definition) is 5. The predicted octanol–water partition coefficient (Wildman–Crippen LogP) is 1.56. The highest BCUT2D eigenvalue weighted by molar-refractivity contribution is 7.89. The van der Waals surface area contributed by atoms with Crippen LogP contribution in [0.3, 0.4) is 0 Å². The Morgan fingerprint density at radius 2 is 2.29 bits per heavy atom. The predicted molar refractivity (Wildman–Crippen MR) is 79.5 cm³/mol. The number of aliphatic hydroxyl groups excluding tert-OH is 1. The molecule has 0 bridgehead atoms. The molecule has 2 aromatic rings. The van der Waals surface area contributed by atoms with Crippen LogP contribution in [0.5, 0.6) is 0 Å². The molecular weight excluding hydrogens is 310 g/mol. The van der Waals surface area contributed by atoms with Gasteiger partial charge in [0, 0.05) is 23.3 Å². The zero-order chi connectivity index (χ0) is 15.0. The molecule has 0 unspecified atom stereocenters. The van der Waals surface area contributed by atoms with Crippen LogP contribution >= 0.6 is 11.3 Å². The molecule has 0 aliphatic heterocycles. The van der Waals surface area contributed by atoms with E-state index < -0.39 is 10.0 Å². The fourth-order valence-electron chi connectivity index (χ4n) is 2.20. The lowest BCUT2D eigenvalue weighted by atomic mass is 10.4. The molecule has 1 fully saturated rings. The van der Waals surface area contributed by atoms with Crippen LogP contribution in [0.15, 0.2) is 22.5 Å². The maximum atomic E-state index is 12.3. The number of nitrogens with zero attached hydrogens (tertiary/aromatic N) is 2. The Labute approximate surface area is 127 Å². The Kier molecular flexibility index (Phi) is 3.87. The fraction of sp³-hybridized carbons (Fsp3) is 0.462. The van der Waals surface area contributed by atoms with Gasteiger partial charge < -0.3 is 9.67 Å². The second kappa shape index (κ2) is 5.53. The van der Waals surface area contributed by atoms with Crippen molar-refractivity contribution in [2.24, 2.45) is 0 Å². The average Bonchev–Trinajstić information content (AvgIpc) is 3.05. The molecule has 1 saturated carbocycles. The van der Waals surface area contributed by atoms with Gasteiger partial charge in [-0.05, 0) is 25.8 Å². The lowest BCUT2D eigenvalue weighted by Gasteiger charge is -2.04. The third-order valence-corrected chi connectivity index (χ3v) is 5.62. The summed E-state index contributed by atoms with van der Waals surface area (Å²) in [6, 6.07) is 1.87. The SMILES string of the molecule is Cc1nc(CNS(=O)(=O)c2cc(CO)n(C3CC3)c2)cs1. The molecule has 0 atom stereocenters. The first-order valence-electron chi connectivity index (χ1n) is 6.72. The first-order chi connectivity index (χ1) is 9.99. The summed E-state index contributed by atoms with van der Waals surface area (Å²) >= 11 is 1.49. The lowest BCUT2D eigenvalue weighted by Crippen LogP contribution is -2.23. The van der Waals surface area contributed by atoms with Gasteiger partial charge in [0.1, 0.15) is 0 Å². The highest BCUT2D eigenvalue weighted by Gasteiger charge is 2.28. The second-order valence-electron chi connectivity index (χ2n) is 5.15. The number of thiazole rings is 1. The zero-order valence-corrected chi connectivity index (χ0v) is 13.2. The smallest absolute Gasteiger partial charge is 0.242 e. The van der Waals surface area contributed by atoms with E-state index >= 15 is 0 Å². The molecule has 1 aliphatic carbocycles. The van der Waals surface area contributed by atoms with Crippen molar-refractivity contribution in [3.8, 4) is 0 Å². The quantitative estimate of drug-likeness (QED) is 0.843. The van der Waals surface area contributed by atoms with Gasteiger partial charge in [-0.15, -0.1) is 11.3 Å². The van der Waals surface area contributed by atoms with Crippen molar-refractivity contribution in [2.45, 2.75) is 43.9 Å². The van der Waals surface area contributed by atoms with E-state index in [1.54, 1.807) is 6.20 Å². The summed E-state index contributed by atoms with van der Waals surface area (Å²) in [4.78, 5) is 4.43. The lowest BCUT2D eigenvalue weighted by molar-refractivity contribution is 0.270. The van der Waals surface area contributed by atoms with Crippen molar-refractivity contribution in [3.63, 3.8) is 0 Å². The molecule has 2 aromatic heterocycles. The van der Waals surface area contributed by atoms with Crippen molar-refractivity contribution in [2.75, 3.05) is 0 Å². The summed E-state index contributed by atoms with van der Waals surface area (Å²) in [6.45, 7) is 1.90. The van der Waals surface area contributed by atoms with Gasteiger partial charge >= 0.3 is 0 Å². The number of aryl methyl sites for hydroxylation is 1. The molecule has 114 valence electrons. The van der Waals surface area contributed by atoms with Crippen LogP contribution in [0, 0.1) is 6.92 Å². The average molecular weight is 327 g/mol.